The molecule has 0 fully saturated rings. The van der Waals surface area contributed by atoms with E-state index in [-0.39, 0.29) is 36.1 Å². The number of rotatable bonds is 14. The van der Waals surface area contributed by atoms with Gasteiger partial charge in [-0.25, -0.2) is 9.86 Å². The van der Waals surface area contributed by atoms with Gasteiger partial charge in [-0.05, 0) is 104 Å². The molecule has 1 rings (SSSR count). The lowest BCUT2D eigenvalue weighted by atomic mass is 10.1. The van der Waals surface area contributed by atoms with E-state index in [1.54, 1.807) is 53.7 Å². The highest BCUT2D eigenvalue weighted by Crippen LogP contribution is 2.16. The summed E-state index contributed by atoms with van der Waals surface area (Å²) < 4.78 is 10.8. The summed E-state index contributed by atoms with van der Waals surface area (Å²) in [7, 11) is 0. The number of esters is 2. The molecule has 14 heteroatoms. The van der Waals surface area contributed by atoms with Crippen molar-refractivity contribution in [3.05, 3.63) is 40.3 Å². The lowest BCUT2D eigenvalue weighted by Crippen LogP contribution is -2.52. The highest BCUT2D eigenvalue weighted by atomic mass is 32.1. The third kappa shape index (κ3) is 14.2. The number of unbranched alkanes of at least 4 members (excludes halogenated alkanes) is 1. The zero-order chi connectivity index (χ0) is 32.1. The second-order valence-electron chi connectivity index (χ2n) is 11.6. The Morgan fingerprint density at radius 3 is 2.14 bits per heavy atom. The first-order valence-electron chi connectivity index (χ1n) is 13.6. The van der Waals surface area contributed by atoms with Gasteiger partial charge in [0, 0.05) is 29.1 Å². The Morgan fingerprint density at radius 2 is 1.62 bits per heavy atom. The Hall–Kier alpha value is -3.74. The number of Topliss-reactive ketones (excluding diaryl/α,β-unsaturated/α-hetero) is 1. The predicted octanol–water partition coefficient (Wildman–Crippen LogP) is 4.88. The number of nitrogens with one attached hydrogen (secondary N) is 2. The van der Waals surface area contributed by atoms with Gasteiger partial charge in [0.2, 0.25) is 0 Å². The number of amides is 1. The number of thiocarbonyl (C=S) groups is 1. The third-order valence-corrected chi connectivity index (χ3v) is 5.80. The topological polar surface area (TPSA) is 183 Å². The molecule has 0 radical (unpaired) electrons. The molecule has 13 nitrogen and oxygen atoms in total. The highest BCUT2D eigenvalue weighted by Gasteiger charge is 2.31. The van der Waals surface area contributed by atoms with Crippen molar-refractivity contribution >= 4 is 46.6 Å². The molecule has 2 atom stereocenters. The molecule has 0 unspecified atom stereocenters. The number of benzene rings is 1. The normalized spacial score (nSPS) is 12.7. The van der Waals surface area contributed by atoms with Crippen LogP contribution in [0.3, 0.4) is 0 Å². The lowest BCUT2D eigenvalue weighted by Gasteiger charge is -2.30. The summed E-state index contributed by atoms with van der Waals surface area (Å²) in [5.74, 6) is -1.85. The molecule has 0 aliphatic heterocycles. The molecule has 0 aliphatic rings. The molecule has 3 N–H and O–H groups in total. The van der Waals surface area contributed by atoms with Crippen molar-refractivity contribution < 1.29 is 33.9 Å². The van der Waals surface area contributed by atoms with Crippen LogP contribution >= 0.6 is 12.2 Å². The largest absolute Gasteiger partial charge is 0.460 e. The van der Waals surface area contributed by atoms with E-state index in [1.165, 1.54) is 19.1 Å². The quantitative estimate of drug-likeness (QED) is 0.0501. The number of hydroxylamine groups is 2. The molecular formula is C28H42N6O7S. The number of ketones is 1. The highest BCUT2D eigenvalue weighted by molar-refractivity contribution is 7.80. The van der Waals surface area contributed by atoms with Gasteiger partial charge >= 0.3 is 11.9 Å². The van der Waals surface area contributed by atoms with Gasteiger partial charge in [0.15, 0.2) is 10.9 Å². The van der Waals surface area contributed by atoms with Crippen LogP contribution in [0.2, 0.25) is 0 Å². The monoisotopic (exact) mass is 606 g/mol. The smallest absolute Gasteiger partial charge is 0.329 e. The number of ether oxygens (including phenoxy) is 2. The van der Waals surface area contributed by atoms with Crippen molar-refractivity contribution in [1.29, 1.82) is 0 Å². The number of hydrogen-bond donors (Lipinski definition) is 3. The van der Waals surface area contributed by atoms with Crippen LogP contribution in [0.5, 0.6) is 0 Å². The first-order chi connectivity index (χ1) is 19.4. The Balaban J connectivity index is 2.73. The molecule has 0 aromatic heterocycles. The molecule has 0 bridgehead atoms. The van der Waals surface area contributed by atoms with Gasteiger partial charge in [-0.1, -0.05) is 17.2 Å². The fourth-order valence-electron chi connectivity index (χ4n) is 3.63. The maximum Gasteiger partial charge on any atom is 0.329 e. The molecule has 0 aliphatic carbocycles. The summed E-state index contributed by atoms with van der Waals surface area (Å²) in [6.45, 7) is 11.9. The van der Waals surface area contributed by atoms with Crippen molar-refractivity contribution in [3.8, 4) is 0 Å². The van der Waals surface area contributed by atoms with Crippen molar-refractivity contribution in [1.82, 2.24) is 15.7 Å². The van der Waals surface area contributed by atoms with Crippen LogP contribution in [0.1, 0.15) is 90.9 Å². The second-order valence-corrected chi connectivity index (χ2v) is 12.0. The zero-order valence-corrected chi connectivity index (χ0v) is 26.1. The van der Waals surface area contributed by atoms with Gasteiger partial charge < -0.3 is 20.1 Å². The van der Waals surface area contributed by atoms with E-state index in [9.17, 15) is 24.4 Å². The standard InChI is InChI=1S/C28H42N6O7S/c1-18(35)22(10-8-9-17-30-24(37)19-11-13-20(14-12-19)32-33-29)34(39)26(42)31-21(25(38)41-28(5,6)7)15-16-23(36)40-27(2,3)4/h11-14,21-22,39H,8-10,15-17H2,1-7H3,(H,30,37)(H,31,42)/t21-,22-/m0/s1. The number of nitrogens with zero attached hydrogens (tertiary/aromatic N) is 4. The lowest BCUT2D eigenvalue weighted by molar-refractivity contribution is -0.158. The number of azide groups is 1. The molecular weight excluding hydrogens is 564 g/mol. The van der Waals surface area contributed by atoms with E-state index in [2.05, 4.69) is 20.7 Å². The average molecular weight is 607 g/mol. The summed E-state index contributed by atoms with van der Waals surface area (Å²) in [6, 6.07) is 4.07. The zero-order valence-electron chi connectivity index (χ0n) is 25.3. The molecule has 1 aromatic carbocycles. The van der Waals surface area contributed by atoms with E-state index in [4.69, 9.17) is 27.2 Å². The Kier molecular flexibility index (Phi) is 14.4. The minimum Gasteiger partial charge on any atom is -0.460 e. The minimum absolute atomic E-state index is 0.0174. The van der Waals surface area contributed by atoms with Crippen LogP contribution in [-0.2, 0) is 23.9 Å². The van der Waals surface area contributed by atoms with Gasteiger partial charge in [-0.15, -0.1) is 0 Å². The van der Waals surface area contributed by atoms with Crippen LogP contribution in [0.25, 0.3) is 10.4 Å². The fourth-order valence-corrected chi connectivity index (χ4v) is 3.90. The first-order valence-corrected chi connectivity index (χ1v) is 14.0. The number of carbonyl (C=O) groups is 4. The SMILES string of the molecule is CC(=O)[C@H](CCCCNC(=O)c1ccc(N=[N+]=[N-])cc1)N(O)C(=S)N[C@@H](CCC(=O)OC(C)(C)C)C(=O)OC(C)(C)C. The van der Waals surface area contributed by atoms with Crippen LogP contribution in [-0.4, -0.2) is 68.8 Å². The molecule has 0 heterocycles. The van der Waals surface area contributed by atoms with Crippen LogP contribution in [0.4, 0.5) is 5.69 Å². The summed E-state index contributed by atoms with van der Waals surface area (Å²) in [5.41, 5.74) is 7.76. The van der Waals surface area contributed by atoms with E-state index in [0.29, 0.717) is 35.7 Å². The van der Waals surface area contributed by atoms with Crippen molar-refractivity contribution in [2.24, 2.45) is 5.11 Å². The van der Waals surface area contributed by atoms with Crippen LogP contribution < -0.4 is 10.6 Å². The molecule has 0 spiro atoms. The van der Waals surface area contributed by atoms with Crippen molar-refractivity contribution in [2.45, 2.75) is 104 Å². The van der Waals surface area contributed by atoms with Crippen LogP contribution in [0.15, 0.2) is 29.4 Å². The number of carbonyl (C=O) groups excluding carboxylic acids is 4. The van der Waals surface area contributed by atoms with E-state index in [0.717, 1.165) is 0 Å². The first kappa shape index (κ1) is 36.3. The second kappa shape index (κ2) is 16.6. The summed E-state index contributed by atoms with van der Waals surface area (Å²) in [4.78, 5) is 52.4. The van der Waals surface area contributed by atoms with Gasteiger partial charge in [0.25, 0.3) is 5.91 Å². The molecule has 1 aromatic rings. The maximum atomic E-state index is 12.8. The van der Waals surface area contributed by atoms with Crippen LogP contribution in [0, 0.1) is 0 Å². The molecule has 0 saturated carbocycles. The molecule has 42 heavy (non-hydrogen) atoms. The molecule has 1 amide bonds. The van der Waals surface area contributed by atoms with E-state index < -0.39 is 35.2 Å². The average Bonchev–Trinajstić information content (AvgIpc) is 2.86. The van der Waals surface area contributed by atoms with Gasteiger partial charge in [0.05, 0.1) is 0 Å². The predicted molar refractivity (Wildman–Crippen MR) is 160 cm³/mol. The Morgan fingerprint density at radius 1 is 1.02 bits per heavy atom. The fraction of sp³-hybridized carbons (Fsp3) is 0.607. The molecule has 232 valence electrons. The third-order valence-electron chi connectivity index (χ3n) is 5.50. The van der Waals surface area contributed by atoms with Gasteiger partial charge in [-0.3, -0.25) is 19.6 Å². The van der Waals surface area contributed by atoms with E-state index >= 15 is 0 Å². The van der Waals surface area contributed by atoms with Crippen molar-refractivity contribution in [3.63, 3.8) is 0 Å². The van der Waals surface area contributed by atoms with E-state index in [1.807, 2.05) is 0 Å². The minimum atomic E-state index is -1.08. The van der Waals surface area contributed by atoms with Gasteiger partial charge in [-0.2, -0.15) is 0 Å². The van der Waals surface area contributed by atoms with Gasteiger partial charge in [0.1, 0.15) is 23.3 Å². The Bertz CT molecular complexity index is 1150. The molecule has 0 saturated heterocycles. The Labute approximate surface area is 251 Å². The summed E-state index contributed by atoms with van der Waals surface area (Å²) in [6.07, 6.45) is 1.07. The maximum absolute atomic E-state index is 12.8. The number of hydrogen-bond acceptors (Lipinski definition) is 9. The summed E-state index contributed by atoms with van der Waals surface area (Å²) >= 11 is 5.30. The van der Waals surface area contributed by atoms with Crippen molar-refractivity contribution in [2.75, 3.05) is 6.54 Å². The summed E-state index contributed by atoms with van der Waals surface area (Å²) in [5, 5.41) is 20.0.